The number of nitrogens with one attached hydrogen (secondary N) is 4. The Hall–Kier alpha value is -1.44. The second kappa shape index (κ2) is 34.9. The maximum atomic E-state index is 13.2. The largest absolute Gasteiger partial charge is 1.00 e. The van der Waals surface area contributed by atoms with E-state index in [-0.39, 0.29) is 145 Å². The molecule has 0 fully saturated rings. The van der Waals surface area contributed by atoms with Crippen LogP contribution in [0.25, 0.3) is 0 Å². The van der Waals surface area contributed by atoms with Gasteiger partial charge in [0, 0.05) is 54.9 Å². The average molecular weight is 1040 g/mol. The van der Waals surface area contributed by atoms with Gasteiger partial charge in [-0.2, -0.15) is 0 Å². The summed E-state index contributed by atoms with van der Waals surface area (Å²) in [7, 11) is 1.70. The maximum Gasteiger partial charge on any atom is 1.00 e. The van der Waals surface area contributed by atoms with Gasteiger partial charge < -0.3 is 49.8 Å². The summed E-state index contributed by atoms with van der Waals surface area (Å²) in [5, 5.41) is 14.8. The van der Waals surface area contributed by atoms with E-state index in [9.17, 15) is 19.2 Å². The molecule has 0 bridgehead atoms. The molecule has 3 aromatic heterocycles. The fourth-order valence-electron chi connectivity index (χ4n) is 5.52. The molecule has 5 amide bonds. The minimum Gasteiger partial charge on any atom is -1.00 e. The van der Waals surface area contributed by atoms with Crippen LogP contribution in [0.3, 0.4) is 0 Å². The van der Waals surface area contributed by atoms with E-state index in [1.807, 2.05) is 40.0 Å². The topological polar surface area (TPSA) is 203 Å². The number of carbonyl (C=O) groups excluding carboxylic acids is 4. The van der Waals surface area contributed by atoms with Crippen molar-refractivity contribution in [2.75, 3.05) is 7.05 Å². The van der Waals surface area contributed by atoms with E-state index < -0.39 is 12.1 Å². The van der Waals surface area contributed by atoms with E-state index in [0.717, 1.165) is 59.0 Å². The fourth-order valence-corrected chi connectivity index (χ4v) is 7.36. The molecule has 6 N–H and O–H groups in total. The Labute approximate surface area is 437 Å². The van der Waals surface area contributed by atoms with Crippen molar-refractivity contribution in [3.05, 3.63) is 49.3 Å². The third-order valence-corrected chi connectivity index (χ3v) is 12.1. The first-order chi connectivity index (χ1) is 27.7. The summed E-state index contributed by atoms with van der Waals surface area (Å²) in [5.74, 6) is 0.0409. The minimum atomic E-state index is -0.669. The number of aromatic nitrogens is 3. The Kier molecular flexibility index (Phi) is 35.3. The molecule has 61 heavy (non-hydrogen) atoms. The number of urea groups is 1. The van der Waals surface area contributed by atoms with Gasteiger partial charge in [0.05, 0.1) is 38.0 Å². The van der Waals surface area contributed by atoms with Crippen molar-refractivity contribution in [2.45, 2.75) is 163 Å². The molecule has 0 aromatic carbocycles. The zero-order chi connectivity index (χ0) is 43.0. The van der Waals surface area contributed by atoms with Gasteiger partial charge in [0.15, 0.2) is 0 Å². The molecule has 0 unspecified atom stereocenters. The Morgan fingerprint density at radius 3 is 1.61 bits per heavy atom. The van der Waals surface area contributed by atoms with E-state index in [1.165, 1.54) is 22.7 Å². The van der Waals surface area contributed by atoms with E-state index >= 15 is 0 Å². The Balaban J connectivity index is 0. The molecule has 0 aliphatic rings. The van der Waals surface area contributed by atoms with Crippen LogP contribution in [-0.2, 0) is 34.0 Å². The summed E-state index contributed by atoms with van der Waals surface area (Å²) in [4.78, 5) is 65.8. The number of thiazole rings is 3. The van der Waals surface area contributed by atoms with E-state index in [2.05, 4.69) is 57.0 Å². The molecule has 21 heteroatoms. The molecule has 4 radical (unpaired) electrons. The number of amides is 5. The van der Waals surface area contributed by atoms with Crippen LogP contribution in [0.2, 0.25) is 0 Å². The molecule has 5 atom stereocenters. The monoisotopic (exact) mass is 1040 g/mol. The van der Waals surface area contributed by atoms with Gasteiger partial charge in [0.25, 0.3) is 0 Å². The van der Waals surface area contributed by atoms with Crippen LogP contribution in [-0.4, -0.2) is 89.6 Å². The van der Waals surface area contributed by atoms with Crippen molar-refractivity contribution in [1.29, 1.82) is 0 Å². The molecule has 3 rings (SSSR count). The predicted molar refractivity (Wildman–Crippen MR) is 254 cm³/mol. The van der Waals surface area contributed by atoms with Crippen molar-refractivity contribution in [1.82, 2.24) is 41.1 Å². The zero-order valence-electron chi connectivity index (χ0n) is 37.7. The van der Waals surface area contributed by atoms with E-state index in [1.54, 1.807) is 46.7 Å². The van der Waals surface area contributed by atoms with Crippen LogP contribution in [0.5, 0.6) is 0 Å². The number of ether oxygens (including phenoxy) is 2. The van der Waals surface area contributed by atoms with Crippen LogP contribution in [0.15, 0.2) is 28.8 Å². The van der Waals surface area contributed by atoms with Crippen molar-refractivity contribution in [3.63, 3.8) is 0 Å². The van der Waals surface area contributed by atoms with Gasteiger partial charge >= 0.3 is 69.6 Å². The molecule has 3 aromatic rings. The summed E-state index contributed by atoms with van der Waals surface area (Å²) in [5.41, 5.74) is 10.1. The van der Waals surface area contributed by atoms with Crippen LogP contribution in [0.4, 0.5) is 14.4 Å². The number of nitrogens with zero attached hydrogens (tertiary/aromatic N) is 4. The maximum absolute atomic E-state index is 13.2. The number of halogens is 1. The summed E-state index contributed by atoms with van der Waals surface area (Å²) in [6.45, 7) is 17.0. The van der Waals surface area contributed by atoms with Crippen molar-refractivity contribution >= 4 is 90.5 Å². The van der Waals surface area contributed by atoms with Gasteiger partial charge in [-0.1, -0.05) is 55.4 Å². The van der Waals surface area contributed by atoms with Crippen LogP contribution < -0.4 is 78.4 Å². The summed E-state index contributed by atoms with van der Waals surface area (Å²) in [6.07, 6.45) is 9.07. The number of hydrogen-bond donors (Lipinski definition) is 5. The summed E-state index contributed by atoms with van der Waals surface area (Å²) in [6, 6.07) is -0.792. The first-order valence-corrected chi connectivity index (χ1v) is 23.0. The fraction of sp³-hybridized carbons (Fsp3) is 0.675. The minimum absolute atomic E-state index is 0. The smallest absolute Gasteiger partial charge is 1.00 e. The van der Waals surface area contributed by atoms with Crippen LogP contribution >= 0.6 is 58.0 Å². The Morgan fingerprint density at radius 2 is 1.21 bits per heavy atom. The molecule has 0 saturated heterocycles. The SMILES string of the molecule is CC[C@@H](CC[C@H](CC)NC(=O)[C@@H](NC(=O)N(C)Cc1csc(C(C)C)n1)C(C)C)NC(=O)OCc1cncs1.CC[C@H](N)CC[C@H](CC)NC(=O)OCc1cncs1.I.[B-].[K+]. The molecule has 338 valence electrons. The molecule has 0 saturated carbocycles. The molecular formula is C40H68BIKN9O6S3. The van der Waals surface area contributed by atoms with E-state index in [4.69, 9.17) is 15.2 Å². The van der Waals surface area contributed by atoms with Gasteiger partial charge in [-0.05, 0) is 57.3 Å². The molecular weight excluding hydrogens is 976 g/mol. The first kappa shape index (κ1) is 61.6. The first-order valence-electron chi connectivity index (χ1n) is 20.3. The average Bonchev–Trinajstić information content (AvgIpc) is 4.02. The number of hydrogen-bond acceptors (Lipinski definition) is 13. The number of nitrogens with two attached hydrogens (primary N) is 1. The molecule has 0 spiro atoms. The second-order valence-electron chi connectivity index (χ2n) is 14.9. The molecule has 0 aliphatic heterocycles. The normalized spacial score (nSPS) is 13.0. The van der Waals surface area contributed by atoms with Crippen LogP contribution in [0, 0.1) is 5.92 Å². The zero-order valence-corrected chi connectivity index (χ0v) is 45.6. The van der Waals surface area contributed by atoms with Gasteiger partial charge in [-0.15, -0.1) is 58.0 Å². The number of alkyl carbamates (subject to hydrolysis) is 2. The van der Waals surface area contributed by atoms with Gasteiger partial charge in [-0.25, -0.2) is 19.4 Å². The Morgan fingerprint density at radius 1 is 0.738 bits per heavy atom. The molecule has 15 nitrogen and oxygen atoms in total. The molecule has 0 aliphatic carbocycles. The molecule has 3 heterocycles. The quantitative estimate of drug-likeness (QED) is 0.0623. The summed E-state index contributed by atoms with van der Waals surface area (Å²) >= 11 is 4.50. The second-order valence-corrected chi connectivity index (χ2v) is 17.7. The third kappa shape index (κ3) is 25.6. The van der Waals surface area contributed by atoms with Gasteiger partial charge in [-0.3, -0.25) is 14.8 Å². The number of rotatable bonds is 23. The third-order valence-electron chi connectivity index (χ3n) is 9.44. The van der Waals surface area contributed by atoms with Gasteiger partial charge in [0.1, 0.15) is 19.3 Å². The van der Waals surface area contributed by atoms with Crippen molar-refractivity contribution in [3.8, 4) is 0 Å². The Bertz CT molecular complexity index is 1610. The van der Waals surface area contributed by atoms with E-state index in [0.29, 0.717) is 25.3 Å². The van der Waals surface area contributed by atoms with Crippen molar-refractivity contribution in [2.24, 2.45) is 11.7 Å². The van der Waals surface area contributed by atoms with Crippen molar-refractivity contribution < 1.29 is 80.0 Å². The summed E-state index contributed by atoms with van der Waals surface area (Å²) < 4.78 is 10.4. The standard InChI is InChI=1S/C27H44N6O4S2.C13H23N3O2S.B.HI.K/c1-8-19(10-11-20(9-2)31-27(36)37-14-22-12-28-16-39-22)29-24(34)23(17(3)4)32-26(35)33(7)13-21-15-38-25(30-21)18(5)6;1-3-10(14)5-6-11(4-2)16-13(17)18-8-12-7-15-9-19-12;;;/h12,15-20,23H,8-11,13-14H2,1-7H3,(H,29,34)(H,31,36)(H,32,35);7,9-11H,3-6,8,14H2,1-2H3,(H,16,17);;1H;/q;;-1;;+1/t19-,20-,23-;10-,11-;;;/m00.../s1. The predicted octanol–water partition coefficient (Wildman–Crippen LogP) is 5.18. The number of carbonyl (C=O) groups is 4. The van der Waals surface area contributed by atoms with Gasteiger partial charge in [0.2, 0.25) is 5.91 Å². The van der Waals surface area contributed by atoms with Crippen LogP contribution in [0.1, 0.15) is 133 Å².